The first-order valence-electron chi connectivity index (χ1n) is 5.38. The Balaban J connectivity index is 2.07. The standard InChI is InChI=1S/C13H11ClN2O2/c14-12-8-11(6-7-13(12)16(17)18)15-9-10-4-2-1-3-5-10/h1-8,15H,9H2. The minimum absolute atomic E-state index is 0.0815. The van der Waals surface area contributed by atoms with Crippen molar-refractivity contribution >= 4 is 23.0 Å². The highest BCUT2D eigenvalue weighted by Gasteiger charge is 2.11. The molecule has 0 saturated carbocycles. The van der Waals surface area contributed by atoms with Crippen LogP contribution in [0.4, 0.5) is 11.4 Å². The van der Waals surface area contributed by atoms with E-state index in [0.29, 0.717) is 6.54 Å². The normalized spacial score (nSPS) is 10.1. The van der Waals surface area contributed by atoms with Crippen molar-refractivity contribution in [3.63, 3.8) is 0 Å². The minimum atomic E-state index is -0.497. The molecule has 1 N–H and O–H groups in total. The van der Waals surface area contributed by atoms with Crippen molar-refractivity contribution < 1.29 is 4.92 Å². The van der Waals surface area contributed by atoms with Gasteiger partial charge in [0.2, 0.25) is 0 Å². The van der Waals surface area contributed by atoms with E-state index in [1.54, 1.807) is 12.1 Å². The van der Waals surface area contributed by atoms with Crippen molar-refractivity contribution in [2.24, 2.45) is 0 Å². The number of nitrogens with one attached hydrogen (secondary N) is 1. The van der Waals surface area contributed by atoms with E-state index in [1.165, 1.54) is 6.07 Å². The number of anilines is 1. The van der Waals surface area contributed by atoms with Gasteiger partial charge in [0.25, 0.3) is 5.69 Å². The van der Waals surface area contributed by atoms with E-state index >= 15 is 0 Å². The fourth-order valence-corrected chi connectivity index (χ4v) is 1.81. The number of nitro benzene ring substituents is 1. The lowest BCUT2D eigenvalue weighted by molar-refractivity contribution is -0.384. The van der Waals surface area contributed by atoms with Crippen LogP contribution in [0.2, 0.25) is 5.02 Å². The molecule has 2 aromatic rings. The lowest BCUT2D eigenvalue weighted by Crippen LogP contribution is -1.99. The molecule has 0 amide bonds. The quantitative estimate of drug-likeness (QED) is 0.672. The third kappa shape index (κ3) is 2.99. The SMILES string of the molecule is O=[N+]([O-])c1ccc(NCc2ccccc2)cc1Cl. The Hall–Kier alpha value is -2.07. The monoisotopic (exact) mass is 262 g/mol. The Bertz CT molecular complexity index is 558. The van der Waals surface area contributed by atoms with Gasteiger partial charge in [-0.3, -0.25) is 10.1 Å². The molecule has 0 aliphatic heterocycles. The summed E-state index contributed by atoms with van der Waals surface area (Å²) in [4.78, 5) is 10.1. The van der Waals surface area contributed by atoms with Crippen molar-refractivity contribution in [3.8, 4) is 0 Å². The van der Waals surface area contributed by atoms with Crippen LogP contribution in [-0.2, 0) is 6.54 Å². The number of benzene rings is 2. The maximum Gasteiger partial charge on any atom is 0.288 e. The van der Waals surface area contributed by atoms with Gasteiger partial charge in [0, 0.05) is 18.3 Å². The fourth-order valence-electron chi connectivity index (χ4n) is 1.56. The lowest BCUT2D eigenvalue weighted by atomic mass is 10.2. The summed E-state index contributed by atoms with van der Waals surface area (Å²) in [5, 5.41) is 13.9. The zero-order valence-corrected chi connectivity index (χ0v) is 10.2. The van der Waals surface area contributed by atoms with E-state index in [1.807, 2.05) is 30.3 Å². The van der Waals surface area contributed by atoms with Crippen LogP contribution < -0.4 is 5.32 Å². The van der Waals surface area contributed by atoms with Crippen molar-refractivity contribution in [1.29, 1.82) is 0 Å². The molecule has 0 saturated heterocycles. The number of hydrogen-bond donors (Lipinski definition) is 1. The Morgan fingerprint density at radius 3 is 2.50 bits per heavy atom. The summed E-state index contributed by atoms with van der Waals surface area (Å²) in [5.41, 5.74) is 1.81. The van der Waals surface area contributed by atoms with Crippen LogP contribution in [0.3, 0.4) is 0 Å². The lowest BCUT2D eigenvalue weighted by Gasteiger charge is -2.06. The van der Waals surface area contributed by atoms with Crippen LogP contribution >= 0.6 is 11.6 Å². The predicted octanol–water partition coefficient (Wildman–Crippen LogP) is 3.86. The molecule has 0 aliphatic carbocycles. The molecule has 0 heterocycles. The Morgan fingerprint density at radius 1 is 1.17 bits per heavy atom. The Morgan fingerprint density at radius 2 is 1.89 bits per heavy atom. The number of halogens is 1. The molecule has 0 unspecified atom stereocenters. The summed E-state index contributed by atoms with van der Waals surface area (Å²) in [7, 11) is 0. The number of nitro groups is 1. The topological polar surface area (TPSA) is 55.2 Å². The van der Waals surface area contributed by atoms with Gasteiger partial charge in [-0.1, -0.05) is 41.9 Å². The van der Waals surface area contributed by atoms with Crippen molar-refractivity contribution in [1.82, 2.24) is 0 Å². The molecule has 0 fully saturated rings. The van der Waals surface area contributed by atoms with Crippen LogP contribution in [0.5, 0.6) is 0 Å². The molecule has 0 radical (unpaired) electrons. The van der Waals surface area contributed by atoms with Gasteiger partial charge in [-0.15, -0.1) is 0 Å². The maximum atomic E-state index is 10.6. The molecule has 92 valence electrons. The van der Waals surface area contributed by atoms with E-state index in [-0.39, 0.29) is 10.7 Å². The highest BCUT2D eigenvalue weighted by molar-refractivity contribution is 6.32. The number of hydrogen-bond acceptors (Lipinski definition) is 3. The molecule has 0 aliphatic rings. The second kappa shape index (κ2) is 5.51. The minimum Gasteiger partial charge on any atom is -0.381 e. The highest BCUT2D eigenvalue weighted by atomic mass is 35.5. The number of nitrogens with zero attached hydrogens (tertiary/aromatic N) is 1. The third-order valence-electron chi connectivity index (χ3n) is 2.48. The zero-order chi connectivity index (χ0) is 13.0. The molecule has 0 bridgehead atoms. The van der Waals surface area contributed by atoms with Gasteiger partial charge in [0.15, 0.2) is 0 Å². The first-order chi connectivity index (χ1) is 8.66. The number of rotatable bonds is 4. The van der Waals surface area contributed by atoms with Crippen molar-refractivity contribution in [2.45, 2.75) is 6.54 Å². The first-order valence-corrected chi connectivity index (χ1v) is 5.76. The molecule has 2 rings (SSSR count). The van der Waals surface area contributed by atoms with Crippen molar-refractivity contribution in [3.05, 3.63) is 69.2 Å². The van der Waals surface area contributed by atoms with Gasteiger partial charge in [0.1, 0.15) is 5.02 Å². The second-order valence-corrected chi connectivity index (χ2v) is 4.17. The van der Waals surface area contributed by atoms with Crippen LogP contribution in [0.25, 0.3) is 0 Å². The molecular weight excluding hydrogens is 252 g/mol. The van der Waals surface area contributed by atoms with E-state index in [9.17, 15) is 10.1 Å². The van der Waals surface area contributed by atoms with Gasteiger partial charge in [0.05, 0.1) is 4.92 Å². The van der Waals surface area contributed by atoms with Gasteiger partial charge >= 0.3 is 0 Å². The molecule has 0 aromatic heterocycles. The average Bonchev–Trinajstić information content (AvgIpc) is 2.37. The van der Waals surface area contributed by atoms with Crippen LogP contribution in [0, 0.1) is 10.1 Å². The summed E-state index contributed by atoms with van der Waals surface area (Å²) in [6.45, 7) is 0.648. The Kier molecular flexibility index (Phi) is 3.79. The van der Waals surface area contributed by atoms with E-state index in [4.69, 9.17) is 11.6 Å². The third-order valence-corrected chi connectivity index (χ3v) is 2.79. The molecular formula is C13H11ClN2O2. The fraction of sp³-hybridized carbons (Fsp3) is 0.0769. The smallest absolute Gasteiger partial charge is 0.288 e. The molecule has 2 aromatic carbocycles. The molecule has 4 nitrogen and oxygen atoms in total. The van der Waals surface area contributed by atoms with Crippen LogP contribution in [-0.4, -0.2) is 4.92 Å². The maximum absolute atomic E-state index is 10.6. The molecule has 5 heteroatoms. The van der Waals surface area contributed by atoms with E-state index in [0.717, 1.165) is 11.3 Å². The summed E-state index contributed by atoms with van der Waals surface area (Å²) in [5.74, 6) is 0. The summed E-state index contributed by atoms with van der Waals surface area (Å²) in [6, 6.07) is 14.5. The van der Waals surface area contributed by atoms with Crippen LogP contribution in [0.15, 0.2) is 48.5 Å². The van der Waals surface area contributed by atoms with Gasteiger partial charge in [-0.05, 0) is 17.7 Å². The first kappa shape index (κ1) is 12.4. The highest BCUT2D eigenvalue weighted by Crippen LogP contribution is 2.27. The van der Waals surface area contributed by atoms with Gasteiger partial charge < -0.3 is 5.32 Å². The second-order valence-electron chi connectivity index (χ2n) is 3.76. The zero-order valence-electron chi connectivity index (χ0n) is 9.47. The average molecular weight is 263 g/mol. The predicted molar refractivity (Wildman–Crippen MR) is 71.9 cm³/mol. The largest absolute Gasteiger partial charge is 0.381 e. The summed E-state index contributed by atoms with van der Waals surface area (Å²) in [6.07, 6.45) is 0. The van der Waals surface area contributed by atoms with Crippen molar-refractivity contribution in [2.75, 3.05) is 5.32 Å². The van der Waals surface area contributed by atoms with Gasteiger partial charge in [-0.2, -0.15) is 0 Å². The summed E-state index contributed by atoms with van der Waals surface area (Å²) >= 11 is 5.82. The molecule has 0 spiro atoms. The molecule has 0 atom stereocenters. The Labute approximate surface area is 109 Å². The van der Waals surface area contributed by atoms with Gasteiger partial charge in [-0.25, -0.2) is 0 Å². The van der Waals surface area contributed by atoms with E-state index < -0.39 is 4.92 Å². The molecule has 18 heavy (non-hydrogen) atoms. The van der Waals surface area contributed by atoms with E-state index in [2.05, 4.69) is 5.32 Å². The van der Waals surface area contributed by atoms with Crippen LogP contribution in [0.1, 0.15) is 5.56 Å². The summed E-state index contributed by atoms with van der Waals surface area (Å²) < 4.78 is 0.